The van der Waals surface area contributed by atoms with E-state index in [9.17, 15) is 4.79 Å². The molecule has 1 unspecified atom stereocenters. The fourth-order valence-corrected chi connectivity index (χ4v) is 2.29. The lowest BCUT2D eigenvalue weighted by Gasteiger charge is -2.27. The Bertz CT molecular complexity index is 236. The van der Waals surface area contributed by atoms with Gasteiger partial charge in [0.15, 0.2) is 0 Å². The Morgan fingerprint density at radius 1 is 1.59 bits per heavy atom. The Balaban J connectivity index is 2.27. The van der Waals surface area contributed by atoms with Crippen molar-refractivity contribution < 1.29 is 9.53 Å². The van der Waals surface area contributed by atoms with Crippen LogP contribution in [0.1, 0.15) is 19.8 Å². The molecule has 5 heteroatoms. The van der Waals surface area contributed by atoms with Gasteiger partial charge in [0.1, 0.15) is 6.61 Å². The van der Waals surface area contributed by atoms with Gasteiger partial charge in [0.05, 0.1) is 6.61 Å². The molecule has 17 heavy (non-hydrogen) atoms. The minimum absolute atomic E-state index is 0.0430. The van der Waals surface area contributed by atoms with Gasteiger partial charge in [0.25, 0.3) is 0 Å². The van der Waals surface area contributed by atoms with Gasteiger partial charge in [-0.2, -0.15) is 0 Å². The molecular weight excluding hydrogens is 218 g/mol. The number of carbonyl (C=O) groups is 1. The molecule has 0 aliphatic carbocycles. The predicted octanol–water partition coefficient (Wildman–Crippen LogP) is -0.0956. The minimum atomic E-state index is 0.0430. The van der Waals surface area contributed by atoms with E-state index in [0.717, 1.165) is 19.6 Å². The molecule has 0 aromatic carbocycles. The molecule has 1 saturated heterocycles. The third-order valence-corrected chi connectivity index (χ3v) is 3.30. The van der Waals surface area contributed by atoms with E-state index in [1.807, 2.05) is 7.05 Å². The molecule has 0 aromatic rings. The van der Waals surface area contributed by atoms with Gasteiger partial charge in [0, 0.05) is 26.2 Å². The number of hydrogen-bond acceptors (Lipinski definition) is 4. The summed E-state index contributed by atoms with van der Waals surface area (Å²) in [6.07, 6.45) is 2.43. The van der Waals surface area contributed by atoms with Crippen LogP contribution in [0, 0.1) is 0 Å². The molecule has 2 N–H and O–H groups in total. The highest BCUT2D eigenvalue weighted by Gasteiger charge is 2.25. The molecular formula is C12H25N3O2. The van der Waals surface area contributed by atoms with E-state index in [-0.39, 0.29) is 12.5 Å². The summed E-state index contributed by atoms with van der Waals surface area (Å²) in [6, 6.07) is 0.517. The van der Waals surface area contributed by atoms with Crippen LogP contribution in [0.3, 0.4) is 0 Å². The SMILES string of the molecule is CCN1CCCC1CN(C)C(=O)COCCN. The first kappa shape index (κ1) is 14.4. The number of amides is 1. The first-order valence-corrected chi connectivity index (χ1v) is 6.44. The second kappa shape index (κ2) is 7.63. The van der Waals surface area contributed by atoms with Crippen molar-refractivity contribution in [2.24, 2.45) is 5.73 Å². The van der Waals surface area contributed by atoms with Crippen LogP contribution in [0.25, 0.3) is 0 Å². The van der Waals surface area contributed by atoms with E-state index in [1.54, 1.807) is 4.90 Å². The molecule has 1 amide bonds. The van der Waals surface area contributed by atoms with Crippen LogP contribution >= 0.6 is 0 Å². The number of rotatable bonds is 7. The fraction of sp³-hybridized carbons (Fsp3) is 0.917. The molecule has 1 atom stereocenters. The lowest BCUT2D eigenvalue weighted by Crippen LogP contribution is -2.42. The van der Waals surface area contributed by atoms with E-state index in [4.69, 9.17) is 10.5 Å². The summed E-state index contributed by atoms with van der Waals surface area (Å²) >= 11 is 0. The zero-order valence-electron chi connectivity index (χ0n) is 11.0. The summed E-state index contributed by atoms with van der Waals surface area (Å²) in [7, 11) is 1.85. The van der Waals surface area contributed by atoms with E-state index in [2.05, 4.69) is 11.8 Å². The van der Waals surface area contributed by atoms with Gasteiger partial charge in [-0.25, -0.2) is 0 Å². The van der Waals surface area contributed by atoms with Gasteiger partial charge in [-0.3, -0.25) is 9.69 Å². The third-order valence-electron chi connectivity index (χ3n) is 3.30. The largest absolute Gasteiger partial charge is 0.370 e. The highest BCUT2D eigenvalue weighted by molar-refractivity contribution is 5.77. The molecule has 1 heterocycles. The van der Waals surface area contributed by atoms with E-state index in [0.29, 0.717) is 19.2 Å². The van der Waals surface area contributed by atoms with Crippen molar-refractivity contribution in [1.82, 2.24) is 9.80 Å². The lowest BCUT2D eigenvalue weighted by atomic mass is 10.2. The molecule has 0 bridgehead atoms. The van der Waals surface area contributed by atoms with Gasteiger partial charge in [-0.05, 0) is 25.9 Å². The molecule has 0 spiro atoms. The quantitative estimate of drug-likeness (QED) is 0.635. The van der Waals surface area contributed by atoms with Crippen LogP contribution in [0.15, 0.2) is 0 Å². The minimum Gasteiger partial charge on any atom is -0.370 e. The molecule has 0 radical (unpaired) electrons. The molecule has 1 aliphatic rings. The normalized spacial score (nSPS) is 20.8. The molecule has 1 fully saturated rings. The van der Waals surface area contributed by atoms with Crippen LogP contribution in [-0.2, 0) is 9.53 Å². The molecule has 100 valence electrons. The second-order valence-electron chi connectivity index (χ2n) is 4.54. The summed E-state index contributed by atoms with van der Waals surface area (Å²) in [5.74, 6) is 0.0430. The van der Waals surface area contributed by atoms with E-state index in [1.165, 1.54) is 12.8 Å². The second-order valence-corrected chi connectivity index (χ2v) is 4.54. The van der Waals surface area contributed by atoms with Crippen LogP contribution in [-0.4, -0.2) is 68.2 Å². The summed E-state index contributed by atoms with van der Waals surface area (Å²) in [5, 5.41) is 0. The molecule has 1 aliphatic heterocycles. The standard InChI is InChI=1S/C12H25N3O2/c1-3-15-7-4-5-11(15)9-14(2)12(16)10-17-8-6-13/h11H,3-10,13H2,1-2H3. The fourth-order valence-electron chi connectivity index (χ4n) is 2.29. The van der Waals surface area contributed by atoms with Crippen molar-refractivity contribution in [1.29, 1.82) is 0 Å². The molecule has 0 aromatic heterocycles. The predicted molar refractivity (Wildman–Crippen MR) is 67.8 cm³/mol. The Morgan fingerprint density at radius 2 is 2.35 bits per heavy atom. The smallest absolute Gasteiger partial charge is 0.248 e. The molecule has 1 rings (SSSR count). The summed E-state index contributed by atoms with van der Waals surface area (Å²) in [5.41, 5.74) is 5.30. The Hall–Kier alpha value is -0.650. The average molecular weight is 243 g/mol. The lowest BCUT2D eigenvalue weighted by molar-refractivity contribution is -0.135. The van der Waals surface area contributed by atoms with Crippen molar-refractivity contribution in [3.63, 3.8) is 0 Å². The maximum atomic E-state index is 11.7. The van der Waals surface area contributed by atoms with Crippen molar-refractivity contribution in [3.8, 4) is 0 Å². The number of nitrogens with zero attached hydrogens (tertiary/aromatic N) is 2. The Labute approximate surface area is 104 Å². The summed E-state index contributed by atoms with van der Waals surface area (Å²) in [4.78, 5) is 16.0. The zero-order chi connectivity index (χ0) is 12.7. The number of likely N-dealkylation sites (tertiary alicyclic amines) is 1. The van der Waals surface area contributed by atoms with Gasteiger partial charge in [-0.1, -0.05) is 6.92 Å². The van der Waals surface area contributed by atoms with E-state index < -0.39 is 0 Å². The highest BCUT2D eigenvalue weighted by Crippen LogP contribution is 2.17. The van der Waals surface area contributed by atoms with Crippen molar-refractivity contribution >= 4 is 5.91 Å². The van der Waals surface area contributed by atoms with Crippen molar-refractivity contribution in [2.75, 3.05) is 46.4 Å². The van der Waals surface area contributed by atoms with Gasteiger partial charge in [0.2, 0.25) is 5.91 Å². The van der Waals surface area contributed by atoms with Crippen LogP contribution < -0.4 is 5.73 Å². The summed E-state index contributed by atoms with van der Waals surface area (Å²) < 4.78 is 5.15. The number of likely N-dealkylation sites (N-methyl/N-ethyl adjacent to an activating group) is 2. The Kier molecular flexibility index (Phi) is 6.47. The monoisotopic (exact) mass is 243 g/mol. The zero-order valence-corrected chi connectivity index (χ0v) is 11.0. The average Bonchev–Trinajstić information content (AvgIpc) is 2.76. The number of hydrogen-bond donors (Lipinski definition) is 1. The maximum Gasteiger partial charge on any atom is 0.248 e. The summed E-state index contributed by atoms with van der Waals surface area (Å²) in [6.45, 7) is 6.26. The number of carbonyl (C=O) groups excluding carboxylic acids is 1. The van der Waals surface area contributed by atoms with Crippen molar-refractivity contribution in [3.05, 3.63) is 0 Å². The highest BCUT2D eigenvalue weighted by atomic mass is 16.5. The first-order chi connectivity index (χ1) is 8.19. The van der Waals surface area contributed by atoms with Crippen LogP contribution in [0.2, 0.25) is 0 Å². The van der Waals surface area contributed by atoms with E-state index >= 15 is 0 Å². The third kappa shape index (κ3) is 4.61. The van der Waals surface area contributed by atoms with Crippen LogP contribution in [0.4, 0.5) is 0 Å². The Morgan fingerprint density at radius 3 is 3.00 bits per heavy atom. The van der Waals surface area contributed by atoms with Gasteiger partial charge >= 0.3 is 0 Å². The van der Waals surface area contributed by atoms with Gasteiger partial charge in [-0.15, -0.1) is 0 Å². The molecule has 5 nitrogen and oxygen atoms in total. The van der Waals surface area contributed by atoms with Crippen molar-refractivity contribution in [2.45, 2.75) is 25.8 Å². The van der Waals surface area contributed by atoms with Crippen LogP contribution in [0.5, 0.6) is 0 Å². The molecule has 0 saturated carbocycles. The maximum absolute atomic E-state index is 11.7. The number of nitrogens with two attached hydrogens (primary N) is 1. The van der Waals surface area contributed by atoms with Gasteiger partial charge < -0.3 is 15.4 Å². The topological polar surface area (TPSA) is 58.8 Å². The first-order valence-electron chi connectivity index (χ1n) is 6.44. The number of ether oxygens (including phenoxy) is 1.